The molecule has 0 spiro atoms. The molecular formula is C14H15ClN2OS. The smallest absolute Gasteiger partial charge is 0.248 e. The summed E-state index contributed by atoms with van der Waals surface area (Å²) in [6, 6.07) is 8.09. The highest BCUT2D eigenvalue weighted by Crippen LogP contribution is 2.30. The van der Waals surface area contributed by atoms with E-state index in [-0.39, 0.29) is 12.4 Å². The van der Waals surface area contributed by atoms with Crippen LogP contribution in [0, 0.1) is 6.92 Å². The van der Waals surface area contributed by atoms with Crippen molar-refractivity contribution in [1.29, 1.82) is 0 Å². The first-order chi connectivity index (χ1) is 8.72. The molecule has 0 bridgehead atoms. The van der Waals surface area contributed by atoms with Crippen molar-refractivity contribution in [3.63, 3.8) is 0 Å². The van der Waals surface area contributed by atoms with Crippen LogP contribution in [0.4, 0.5) is 5.69 Å². The largest absolute Gasteiger partial charge is 1.00 e. The zero-order valence-corrected chi connectivity index (χ0v) is 12.4. The molecule has 3 nitrogen and oxygen atoms in total. The number of thiazole rings is 1. The molecule has 0 fully saturated rings. The number of aryl methyl sites for hydroxylation is 1. The number of rotatable bonds is 1. The number of anilines is 1. The third-order valence-electron chi connectivity index (χ3n) is 3.37. The molecule has 2 aromatic rings. The fourth-order valence-electron chi connectivity index (χ4n) is 2.54. The second-order valence-corrected chi connectivity index (χ2v) is 5.59. The van der Waals surface area contributed by atoms with E-state index in [2.05, 4.69) is 29.9 Å². The summed E-state index contributed by atoms with van der Waals surface area (Å²) < 4.78 is 2.27. The van der Waals surface area contributed by atoms with Gasteiger partial charge in [-0.2, -0.15) is 0 Å². The van der Waals surface area contributed by atoms with Crippen LogP contribution in [0.3, 0.4) is 0 Å². The third kappa shape index (κ3) is 2.15. The maximum atomic E-state index is 11.3. The molecule has 1 aromatic carbocycles. The molecule has 2 heterocycles. The van der Waals surface area contributed by atoms with Crippen LogP contribution in [0.2, 0.25) is 0 Å². The van der Waals surface area contributed by atoms with Gasteiger partial charge >= 0.3 is 0 Å². The summed E-state index contributed by atoms with van der Waals surface area (Å²) in [5.41, 5.74) is 3.31. The predicted molar refractivity (Wildman–Crippen MR) is 72.4 cm³/mol. The van der Waals surface area contributed by atoms with Gasteiger partial charge in [0.05, 0.1) is 11.3 Å². The molecule has 0 N–H and O–H groups in total. The Balaban J connectivity index is 0.00000133. The summed E-state index contributed by atoms with van der Waals surface area (Å²) in [6.45, 7) is 5.02. The lowest BCUT2D eigenvalue weighted by atomic mass is 10.2. The van der Waals surface area contributed by atoms with E-state index in [1.165, 1.54) is 10.7 Å². The van der Waals surface area contributed by atoms with E-state index in [1.807, 2.05) is 18.2 Å². The first-order valence-electron chi connectivity index (χ1n) is 6.03. The average Bonchev–Trinajstić information content (AvgIpc) is 2.72. The minimum absolute atomic E-state index is 0. The summed E-state index contributed by atoms with van der Waals surface area (Å²) in [7, 11) is 0. The molecule has 5 heteroatoms. The molecule has 1 amide bonds. The summed E-state index contributed by atoms with van der Waals surface area (Å²) in [5.74, 6) is 0.348. The van der Waals surface area contributed by atoms with Crippen LogP contribution >= 0.6 is 11.3 Å². The van der Waals surface area contributed by atoms with E-state index >= 15 is 0 Å². The lowest BCUT2D eigenvalue weighted by molar-refractivity contribution is -0.605. The van der Waals surface area contributed by atoms with Gasteiger partial charge in [0.25, 0.3) is 0 Å². The van der Waals surface area contributed by atoms with Crippen molar-refractivity contribution in [3.05, 3.63) is 40.3 Å². The number of halogens is 1. The van der Waals surface area contributed by atoms with Gasteiger partial charge in [-0.1, -0.05) is 23.5 Å². The van der Waals surface area contributed by atoms with Gasteiger partial charge < -0.3 is 17.3 Å². The number of fused-ring (bicyclic) bond motifs is 3. The number of amides is 1. The molecule has 0 saturated heterocycles. The Kier molecular flexibility index (Phi) is 3.92. The number of carbonyl (C=O) groups excluding carboxylic acids is 1. The van der Waals surface area contributed by atoms with Crippen molar-refractivity contribution < 1.29 is 21.8 Å². The fraction of sp³-hybridized carbons (Fsp3) is 0.286. The first kappa shape index (κ1) is 14.0. The fourth-order valence-corrected chi connectivity index (χ4v) is 3.59. The number of nitrogens with zero attached hydrogens (tertiary/aromatic N) is 2. The standard InChI is InChI=1S/C14H15N2OS.ClH/c1-10-7-15(9-17)12-5-3-4-6-13(12)16-11(2)8-18-14(10)16;/h3-6,8-10H,7H2,1-2H3;1H/q+1;/p-1. The van der Waals surface area contributed by atoms with E-state index in [0.717, 1.165) is 24.3 Å². The second-order valence-electron chi connectivity index (χ2n) is 4.70. The van der Waals surface area contributed by atoms with Gasteiger partial charge in [0.2, 0.25) is 17.1 Å². The van der Waals surface area contributed by atoms with Crippen molar-refractivity contribution in [2.45, 2.75) is 19.8 Å². The van der Waals surface area contributed by atoms with Crippen molar-refractivity contribution >= 4 is 23.4 Å². The van der Waals surface area contributed by atoms with Crippen molar-refractivity contribution in [1.82, 2.24) is 0 Å². The zero-order valence-electron chi connectivity index (χ0n) is 10.8. The number of carbonyl (C=O) groups is 1. The normalized spacial score (nSPS) is 16.9. The minimum atomic E-state index is 0. The highest BCUT2D eigenvalue weighted by atomic mass is 35.5. The van der Waals surface area contributed by atoms with Gasteiger partial charge in [-0.05, 0) is 13.0 Å². The van der Waals surface area contributed by atoms with Gasteiger partial charge in [-0.15, -0.1) is 4.57 Å². The molecule has 3 rings (SSSR count). The number of aromatic nitrogens is 1. The van der Waals surface area contributed by atoms with Gasteiger partial charge in [-0.25, -0.2) is 0 Å². The number of hydrogen-bond acceptors (Lipinski definition) is 2. The van der Waals surface area contributed by atoms with Crippen molar-refractivity contribution in [2.75, 3.05) is 11.4 Å². The molecule has 0 saturated carbocycles. The van der Waals surface area contributed by atoms with Crippen LogP contribution < -0.4 is 21.9 Å². The Morgan fingerprint density at radius 1 is 1.42 bits per heavy atom. The molecule has 1 aliphatic rings. The summed E-state index contributed by atoms with van der Waals surface area (Å²) in [6.07, 6.45) is 0.932. The minimum Gasteiger partial charge on any atom is -1.00 e. The SMILES string of the molecule is Cc1csc2[n+]1-c1ccccc1N(C=O)CC2C.[Cl-]. The molecule has 1 unspecified atom stereocenters. The van der Waals surface area contributed by atoms with Gasteiger partial charge in [0.1, 0.15) is 5.69 Å². The van der Waals surface area contributed by atoms with Crippen LogP contribution in [-0.4, -0.2) is 13.0 Å². The van der Waals surface area contributed by atoms with Gasteiger partial charge in [0, 0.05) is 19.5 Å². The zero-order chi connectivity index (χ0) is 12.7. The van der Waals surface area contributed by atoms with E-state index in [1.54, 1.807) is 16.2 Å². The number of benzene rings is 1. The first-order valence-corrected chi connectivity index (χ1v) is 6.91. The van der Waals surface area contributed by atoms with E-state index < -0.39 is 0 Å². The monoisotopic (exact) mass is 294 g/mol. The summed E-state index contributed by atoms with van der Waals surface area (Å²) in [5, 5.41) is 3.49. The lowest BCUT2D eigenvalue weighted by Crippen LogP contribution is -3.00. The van der Waals surface area contributed by atoms with Crippen molar-refractivity contribution in [2.24, 2.45) is 0 Å². The molecule has 1 aromatic heterocycles. The maximum Gasteiger partial charge on any atom is 0.248 e. The van der Waals surface area contributed by atoms with Crippen LogP contribution in [0.25, 0.3) is 5.69 Å². The molecule has 1 atom stereocenters. The molecule has 100 valence electrons. The predicted octanol–water partition coefficient (Wildman–Crippen LogP) is -0.583. The molecule has 1 aliphatic heterocycles. The molecule has 19 heavy (non-hydrogen) atoms. The van der Waals surface area contributed by atoms with Gasteiger partial charge in [0.15, 0.2) is 5.69 Å². The highest BCUT2D eigenvalue weighted by Gasteiger charge is 2.33. The molecule has 0 radical (unpaired) electrons. The van der Waals surface area contributed by atoms with E-state index in [4.69, 9.17) is 0 Å². The number of hydrogen-bond donors (Lipinski definition) is 0. The third-order valence-corrected chi connectivity index (χ3v) is 4.66. The lowest BCUT2D eigenvalue weighted by Gasteiger charge is -2.16. The Bertz CT molecular complexity index is 611. The Morgan fingerprint density at radius 3 is 2.89 bits per heavy atom. The van der Waals surface area contributed by atoms with Gasteiger partial charge in [-0.3, -0.25) is 4.79 Å². The van der Waals surface area contributed by atoms with Crippen molar-refractivity contribution in [3.8, 4) is 5.69 Å². The maximum absolute atomic E-state index is 11.3. The van der Waals surface area contributed by atoms with E-state index in [0.29, 0.717) is 5.92 Å². The Morgan fingerprint density at radius 2 is 2.16 bits per heavy atom. The quantitative estimate of drug-likeness (QED) is 0.510. The van der Waals surface area contributed by atoms with E-state index in [9.17, 15) is 4.79 Å². The summed E-state index contributed by atoms with van der Waals surface area (Å²) >= 11 is 1.77. The van der Waals surface area contributed by atoms with Crippen LogP contribution in [-0.2, 0) is 4.79 Å². The highest BCUT2D eigenvalue weighted by molar-refractivity contribution is 7.09. The van der Waals surface area contributed by atoms with Crippen LogP contribution in [0.1, 0.15) is 23.5 Å². The van der Waals surface area contributed by atoms with Crippen LogP contribution in [0.5, 0.6) is 0 Å². The number of para-hydroxylation sites is 2. The average molecular weight is 295 g/mol. The van der Waals surface area contributed by atoms with Crippen LogP contribution in [0.15, 0.2) is 29.6 Å². The molecular weight excluding hydrogens is 280 g/mol. The Labute approximate surface area is 122 Å². The molecule has 0 aliphatic carbocycles. The Hall–Kier alpha value is -1.39. The second kappa shape index (κ2) is 5.31. The summed E-state index contributed by atoms with van der Waals surface area (Å²) in [4.78, 5) is 13.1. The topological polar surface area (TPSA) is 24.2 Å².